The highest BCUT2D eigenvalue weighted by Crippen LogP contribution is 2.24. The van der Waals surface area contributed by atoms with Gasteiger partial charge in [0.15, 0.2) is 0 Å². The molecule has 0 aliphatic rings. The standard InChI is InChI=1S/C13H18ClF2NO2/c1-8(5-9(2)18)17-7-10-6-11(14)3-4-12(10)19-13(15)16/h3-4,6,8-9,13,17-18H,5,7H2,1-2H3. The topological polar surface area (TPSA) is 41.5 Å². The van der Waals surface area contributed by atoms with Crippen LogP contribution >= 0.6 is 11.6 Å². The Bertz CT molecular complexity index is 402. The van der Waals surface area contributed by atoms with Gasteiger partial charge in [-0.15, -0.1) is 0 Å². The van der Waals surface area contributed by atoms with Gasteiger partial charge in [-0.05, 0) is 38.5 Å². The summed E-state index contributed by atoms with van der Waals surface area (Å²) in [7, 11) is 0. The van der Waals surface area contributed by atoms with Crippen LogP contribution in [0.1, 0.15) is 25.8 Å². The first-order valence-electron chi connectivity index (χ1n) is 6.03. The van der Waals surface area contributed by atoms with E-state index in [1.165, 1.54) is 12.1 Å². The molecule has 0 radical (unpaired) electrons. The maximum Gasteiger partial charge on any atom is 0.387 e. The van der Waals surface area contributed by atoms with E-state index >= 15 is 0 Å². The van der Waals surface area contributed by atoms with Crippen LogP contribution in [0.2, 0.25) is 5.02 Å². The van der Waals surface area contributed by atoms with Gasteiger partial charge in [0, 0.05) is 23.2 Å². The van der Waals surface area contributed by atoms with Crippen molar-refractivity contribution in [1.82, 2.24) is 5.32 Å². The zero-order valence-electron chi connectivity index (χ0n) is 10.9. The normalized spacial score (nSPS) is 14.5. The van der Waals surface area contributed by atoms with Crippen LogP contribution in [0.25, 0.3) is 0 Å². The fourth-order valence-corrected chi connectivity index (χ4v) is 1.97. The number of aliphatic hydroxyl groups is 1. The number of nitrogens with one attached hydrogen (secondary N) is 1. The second-order valence-electron chi connectivity index (χ2n) is 4.50. The SMILES string of the molecule is CC(O)CC(C)NCc1cc(Cl)ccc1OC(F)F. The van der Waals surface area contributed by atoms with E-state index in [0.29, 0.717) is 23.6 Å². The maximum absolute atomic E-state index is 12.3. The van der Waals surface area contributed by atoms with Crippen LogP contribution in [-0.4, -0.2) is 23.9 Å². The molecule has 1 rings (SSSR count). The number of aliphatic hydroxyl groups excluding tert-OH is 1. The summed E-state index contributed by atoms with van der Waals surface area (Å²) >= 11 is 5.84. The number of hydrogen-bond donors (Lipinski definition) is 2. The molecular weight excluding hydrogens is 276 g/mol. The average Bonchev–Trinajstić information content (AvgIpc) is 2.28. The number of halogens is 3. The Hall–Kier alpha value is -0.910. The Morgan fingerprint density at radius 1 is 1.37 bits per heavy atom. The predicted molar refractivity (Wildman–Crippen MR) is 70.7 cm³/mol. The molecule has 0 bridgehead atoms. The van der Waals surface area contributed by atoms with Crippen LogP contribution in [0.4, 0.5) is 8.78 Å². The number of benzene rings is 1. The van der Waals surface area contributed by atoms with E-state index in [1.807, 2.05) is 6.92 Å². The van der Waals surface area contributed by atoms with E-state index in [9.17, 15) is 13.9 Å². The summed E-state index contributed by atoms with van der Waals surface area (Å²) in [6.45, 7) is 1.08. The lowest BCUT2D eigenvalue weighted by atomic mass is 10.1. The van der Waals surface area contributed by atoms with Gasteiger partial charge in [0.1, 0.15) is 5.75 Å². The van der Waals surface area contributed by atoms with Gasteiger partial charge in [0.2, 0.25) is 0 Å². The summed E-state index contributed by atoms with van der Waals surface area (Å²) in [5.74, 6) is 0.108. The first-order chi connectivity index (χ1) is 8.88. The van der Waals surface area contributed by atoms with Crippen LogP contribution < -0.4 is 10.1 Å². The summed E-state index contributed by atoms with van der Waals surface area (Å²) in [5.41, 5.74) is 0.560. The number of rotatable bonds is 7. The highest BCUT2D eigenvalue weighted by Gasteiger charge is 2.12. The van der Waals surface area contributed by atoms with Gasteiger partial charge in [-0.25, -0.2) is 0 Å². The third-order valence-electron chi connectivity index (χ3n) is 2.57. The average molecular weight is 294 g/mol. The van der Waals surface area contributed by atoms with Crippen molar-refractivity contribution in [2.24, 2.45) is 0 Å². The molecule has 2 unspecified atom stereocenters. The minimum Gasteiger partial charge on any atom is -0.434 e. The van der Waals surface area contributed by atoms with Crippen LogP contribution in [0.15, 0.2) is 18.2 Å². The number of hydrogen-bond acceptors (Lipinski definition) is 3. The van der Waals surface area contributed by atoms with Crippen LogP contribution in [0, 0.1) is 0 Å². The molecule has 0 aromatic heterocycles. The second-order valence-corrected chi connectivity index (χ2v) is 4.93. The quantitative estimate of drug-likeness (QED) is 0.811. The molecule has 1 aromatic rings. The molecule has 0 amide bonds. The first kappa shape index (κ1) is 16.1. The summed E-state index contributed by atoms with van der Waals surface area (Å²) in [6, 6.07) is 4.56. The van der Waals surface area contributed by atoms with Gasteiger partial charge in [-0.3, -0.25) is 0 Å². The van der Waals surface area contributed by atoms with E-state index in [2.05, 4.69) is 10.1 Å². The van der Waals surface area contributed by atoms with Crippen molar-refractivity contribution in [3.8, 4) is 5.75 Å². The fraction of sp³-hybridized carbons (Fsp3) is 0.538. The maximum atomic E-state index is 12.3. The third-order valence-corrected chi connectivity index (χ3v) is 2.81. The van der Waals surface area contributed by atoms with E-state index in [1.54, 1.807) is 13.0 Å². The van der Waals surface area contributed by atoms with E-state index < -0.39 is 12.7 Å². The van der Waals surface area contributed by atoms with Gasteiger partial charge in [0.05, 0.1) is 6.10 Å². The molecule has 0 fully saturated rings. The van der Waals surface area contributed by atoms with Crippen molar-refractivity contribution in [2.45, 2.75) is 45.6 Å². The van der Waals surface area contributed by atoms with Crippen molar-refractivity contribution in [1.29, 1.82) is 0 Å². The molecule has 3 nitrogen and oxygen atoms in total. The van der Waals surface area contributed by atoms with Crippen LogP contribution in [-0.2, 0) is 6.54 Å². The molecule has 0 saturated heterocycles. The zero-order valence-corrected chi connectivity index (χ0v) is 11.6. The highest BCUT2D eigenvalue weighted by atomic mass is 35.5. The molecule has 0 spiro atoms. The Morgan fingerprint density at radius 2 is 2.05 bits per heavy atom. The highest BCUT2D eigenvalue weighted by molar-refractivity contribution is 6.30. The van der Waals surface area contributed by atoms with Gasteiger partial charge < -0.3 is 15.2 Å². The summed E-state index contributed by atoms with van der Waals surface area (Å²) in [5, 5.41) is 12.8. The number of ether oxygens (including phenoxy) is 1. The number of alkyl halides is 2. The molecule has 2 N–H and O–H groups in total. The van der Waals surface area contributed by atoms with Crippen molar-refractivity contribution in [3.63, 3.8) is 0 Å². The first-order valence-corrected chi connectivity index (χ1v) is 6.41. The van der Waals surface area contributed by atoms with Crippen molar-refractivity contribution in [2.75, 3.05) is 0 Å². The molecule has 108 valence electrons. The lowest BCUT2D eigenvalue weighted by molar-refractivity contribution is -0.0505. The molecule has 0 heterocycles. The van der Waals surface area contributed by atoms with E-state index in [4.69, 9.17) is 11.6 Å². The third kappa shape index (κ3) is 6.18. The van der Waals surface area contributed by atoms with Gasteiger partial charge in [-0.1, -0.05) is 11.6 Å². The summed E-state index contributed by atoms with van der Waals surface area (Å²) in [4.78, 5) is 0. The molecule has 0 saturated carbocycles. The summed E-state index contributed by atoms with van der Waals surface area (Å²) < 4.78 is 29.0. The lowest BCUT2D eigenvalue weighted by Gasteiger charge is -2.17. The van der Waals surface area contributed by atoms with Crippen molar-refractivity contribution in [3.05, 3.63) is 28.8 Å². The van der Waals surface area contributed by atoms with Gasteiger partial charge >= 0.3 is 6.61 Å². The largest absolute Gasteiger partial charge is 0.434 e. The van der Waals surface area contributed by atoms with E-state index in [-0.39, 0.29) is 11.8 Å². The molecule has 1 aromatic carbocycles. The Morgan fingerprint density at radius 3 is 2.63 bits per heavy atom. The molecule has 2 atom stereocenters. The monoisotopic (exact) mass is 293 g/mol. The Kier molecular flexibility index (Phi) is 6.48. The lowest BCUT2D eigenvalue weighted by Crippen LogP contribution is -2.29. The Balaban J connectivity index is 2.67. The Labute approximate surface area is 116 Å². The smallest absolute Gasteiger partial charge is 0.387 e. The predicted octanol–water partition coefficient (Wildman–Crippen LogP) is 3.19. The second kappa shape index (κ2) is 7.62. The summed E-state index contributed by atoms with van der Waals surface area (Å²) in [6.07, 6.45) is 0.157. The molecule has 6 heteroatoms. The zero-order chi connectivity index (χ0) is 14.4. The minimum atomic E-state index is -2.87. The molecule has 19 heavy (non-hydrogen) atoms. The molecule has 0 aliphatic carbocycles. The van der Waals surface area contributed by atoms with Gasteiger partial charge in [-0.2, -0.15) is 8.78 Å². The van der Waals surface area contributed by atoms with Crippen molar-refractivity contribution < 1.29 is 18.6 Å². The van der Waals surface area contributed by atoms with Crippen LogP contribution in [0.3, 0.4) is 0 Å². The molecule has 0 aliphatic heterocycles. The van der Waals surface area contributed by atoms with Crippen molar-refractivity contribution >= 4 is 11.6 Å². The van der Waals surface area contributed by atoms with Gasteiger partial charge in [0.25, 0.3) is 0 Å². The van der Waals surface area contributed by atoms with E-state index in [0.717, 1.165) is 0 Å². The molecular formula is C13H18ClF2NO2. The minimum absolute atomic E-state index is 0.0541. The fourth-order valence-electron chi connectivity index (χ4n) is 1.78. The van der Waals surface area contributed by atoms with Crippen LogP contribution in [0.5, 0.6) is 5.75 Å².